The van der Waals surface area contributed by atoms with Gasteiger partial charge in [0.25, 0.3) is 0 Å². The van der Waals surface area contributed by atoms with E-state index in [0.717, 1.165) is 18.4 Å². The van der Waals surface area contributed by atoms with Gasteiger partial charge >= 0.3 is 5.97 Å². The number of likely N-dealkylation sites (N-methyl/N-ethyl adjacent to an activating group) is 1. The molecule has 6 nitrogen and oxygen atoms in total. The van der Waals surface area contributed by atoms with Crippen LogP contribution >= 0.6 is 0 Å². The fourth-order valence-electron chi connectivity index (χ4n) is 6.95. The van der Waals surface area contributed by atoms with Crippen LogP contribution in [0.2, 0.25) is 0 Å². The zero-order chi connectivity index (χ0) is 21.3. The van der Waals surface area contributed by atoms with Crippen LogP contribution in [-0.2, 0) is 14.3 Å². The molecule has 1 aromatic rings. The van der Waals surface area contributed by atoms with Gasteiger partial charge in [-0.05, 0) is 49.9 Å². The average Bonchev–Trinajstić information content (AvgIpc) is 3.37. The maximum absolute atomic E-state index is 12.8. The molecule has 2 N–H and O–H groups in total. The van der Waals surface area contributed by atoms with Gasteiger partial charge in [-0.3, -0.25) is 4.79 Å². The Bertz CT molecular complexity index is 827. The van der Waals surface area contributed by atoms with Crippen LogP contribution in [0.1, 0.15) is 51.2 Å². The van der Waals surface area contributed by atoms with E-state index in [1.165, 1.54) is 12.8 Å². The third kappa shape index (κ3) is 2.91. The van der Waals surface area contributed by atoms with Crippen molar-refractivity contribution in [2.45, 2.75) is 63.4 Å². The summed E-state index contributed by atoms with van der Waals surface area (Å²) >= 11 is 0. The Morgan fingerprint density at radius 1 is 1.30 bits per heavy atom. The third-order valence-electron chi connectivity index (χ3n) is 8.46. The maximum atomic E-state index is 12.8. The largest absolute Gasteiger partial charge is 0.508 e. The number of aromatic hydroxyl groups is 1. The summed E-state index contributed by atoms with van der Waals surface area (Å²) in [7, 11) is 1.93. The highest BCUT2D eigenvalue weighted by atomic mass is 16.6. The van der Waals surface area contributed by atoms with Crippen molar-refractivity contribution >= 4 is 5.97 Å². The van der Waals surface area contributed by atoms with Crippen LogP contribution in [0.4, 0.5) is 0 Å². The van der Waals surface area contributed by atoms with E-state index >= 15 is 0 Å². The fourth-order valence-corrected chi connectivity index (χ4v) is 6.95. The lowest BCUT2D eigenvalue weighted by atomic mass is 9.53. The second kappa shape index (κ2) is 6.94. The molecule has 4 fully saturated rings. The number of epoxide rings is 1. The molecule has 8 atom stereocenters. The summed E-state index contributed by atoms with van der Waals surface area (Å²) in [6.07, 6.45) is 3.86. The number of aliphatic hydroxyl groups is 1. The normalized spacial score (nSPS) is 42.8. The van der Waals surface area contributed by atoms with Crippen molar-refractivity contribution in [3.8, 4) is 5.75 Å². The van der Waals surface area contributed by atoms with Crippen LogP contribution in [0.15, 0.2) is 24.3 Å². The number of ether oxygens (including phenoxy) is 2. The lowest BCUT2D eigenvalue weighted by Gasteiger charge is -2.49. The summed E-state index contributed by atoms with van der Waals surface area (Å²) in [4.78, 5) is 14.8. The minimum absolute atomic E-state index is 0.0474. The minimum atomic E-state index is -0.680. The number of phenols is 1. The van der Waals surface area contributed by atoms with Gasteiger partial charge in [0.05, 0.1) is 18.1 Å². The van der Waals surface area contributed by atoms with Crippen molar-refractivity contribution < 1.29 is 24.5 Å². The number of fused-ring (bicyclic) bond motifs is 2. The van der Waals surface area contributed by atoms with Gasteiger partial charge in [-0.1, -0.05) is 32.4 Å². The Balaban J connectivity index is 1.29. The molecule has 2 saturated carbocycles. The number of benzene rings is 1. The monoisotopic (exact) mass is 415 g/mol. The van der Waals surface area contributed by atoms with E-state index in [4.69, 9.17) is 9.47 Å². The highest BCUT2D eigenvalue weighted by Gasteiger charge is 2.78. The van der Waals surface area contributed by atoms with Crippen molar-refractivity contribution in [3.63, 3.8) is 0 Å². The van der Waals surface area contributed by atoms with E-state index in [9.17, 15) is 15.0 Å². The summed E-state index contributed by atoms with van der Waals surface area (Å²) in [6, 6.07) is 6.60. The first-order valence-corrected chi connectivity index (χ1v) is 11.3. The first kappa shape index (κ1) is 20.3. The van der Waals surface area contributed by atoms with E-state index in [0.29, 0.717) is 19.0 Å². The Morgan fingerprint density at radius 2 is 2.03 bits per heavy atom. The second-order valence-electron chi connectivity index (χ2n) is 10.4. The summed E-state index contributed by atoms with van der Waals surface area (Å²) in [5, 5.41) is 20.0. The molecule has 164 valence electrons. The van der Waals surface area contributed by atoms with E-state index in [1.807, 2.05) is 11.9 Å². The molecule has 2 saturated heterocycles. The lowest BCUT2D eigenvalue weighted by molar-refractivity contribution is -0.146. The minimum Gasteiger partial charge on any atom is -0.508 e. The number of hydrogen-bond acceptors (Lipinski definition) is 6. The number of esters is 1. The summed E-state index contributed by atoms with van der Waals surface area (Å²) in [5.41, 5.74) is 0.774. The molecule has 4 aliphatic rings. The van der Waals surface area contributed by atoms with E-state index < -0.39 is 6.10 Å². The second-order valence-corrected chi connectivity index (χ2v) is 10.4. The first-order chi connectivity index (χ1) is 14.2. The van der Waals surface area contributed by atoms with Crippen molar-refractivity contribution in [1.29, 1.82) is 0 Å². The third-order valence-corrected chi connectivity index (χ3v) is 8.46. The van der Waals surface area contributed by atoms with Gasteiger partial charge in [0, 0.05) is 24.4 Å². The summed E-state index contributed by atoms with van der Waals surface area (Å²) < 4.78 is 12.4. The Hall–Kier alpha value is -1.63. The van der Waals surface area contributed by atoms with Gasteiger partial charge in [-0.25, -0.2) is 0 Å². The maximum Gasteiger partial charge on any atom is 0.311 e. The number of nitrogens with zero attached hydrogens (tertiary/aromatic N) is 1. The quantitative estimate of drug-likeness (QED) is 0.568. The molecular formula is C24H33NO5. The van der Waals surface area contributed by atoms with E-state index in [-0.39, 0.29) is 46.8 Å². The predicted octanol–water partition coefficient (Wildman–Crippen LogP) is 2.88. The molecule has 30 heavy (non-hydrogen) atoms. The van der Waals surface area contributed by atoms with Gasteiger partial charge in [0.1, 0.15) is 17.5 Å². The molecule has 0 aromatic heterocycles. The number of hydrogen-bond donors (Lipinski definition) is 2. The molecule has 5 rings (SSSR count). The first-order valence-electron chi connectivity index (χ1n) is 11.3. The molecule has 1 spiro atoms. The van der Waals surface area contributed by atoms with Crippen molar-refractivity contribution in [3.05, 3.63) is 29.8 Å². The van der Waals surface area contributed by atoms with Crippen LogP contribution in [0.5, 0.6) is 5.75 Å². The number of phenolic OH excluding ortho intramolecular Hbond substituents is 1. The lowest BCUT2D eigenvalue weighted by Crippen LogP contribution is -2.54. The van der Waals surface area contributed by atoms with E-state index in [1.54, 1.807) is 24.3 Å². The topological polar surface area (TPSA) is 82.5 Å². The molecule has 0 unspecified atom stereocenters. The van der Waals surface area contributed by atoms with Crippen molar-refractivity contribution in [1.82, 2.24) is 4.90 Å². The Labute approximate surface area is 178 Å². The van der Waals surface area contributed by atoms with Gasteiger partial charge in [0.2, 0.25) is 0 Å². The van der Waals surface area contributed by atoms with E-state index in [2.05, 4.69) is 13.8 Å². The van der Waals surface area contributed by atoms with Crippen LogP contribution in [0.3, 0.4) is 0 Å². The van der Waals surface area contributed by atoms with Crippen LogP contribution in [0, 0.1) is 23.2 Å². The van der Waals surface area contributed by atoms with Gasteiger partial charge in [-0.2, -0.15) is 0 Å². The standard InChI is InChI=1S/C24H33NO5/c1-14-5-4-10-23(2)11-19-20(21-24(14,23)30-21)17(22(28)29-19)12-25(3)13-18(27)15-6-8-16(26)9-7-15/h6-9,14,17-21,26-27H,4-5,10-13H2,1-3H3/t14-,17-,18-,19+,20+,21-,23+,24-/m0/s1. The number of aliphatic hydroxyl groups excluding tert-OH is 1. The van der Waals surface area contributed by atoms with Gasteiger partial charge in [-0.15, -0.1) is 0 Å². The van der Waals surface area contributed by atoms with Gasteiger partial charge < -0.3 is 24.6 Å². The molecule has 2 aliphatic heterocycles. The zero-order valence-corrected chi connectivity index (χ0v) is 18.1. The number of carbonyl (C=O) groups excluding carboxylic acids is 1. The zero-order valence-electron chi connectivity index (χ0n) is 18.1. The Morgan fingerprint density at radius 3 is 2.77 bits per heavy atom. The summed E-state index contributed by atoms with van der Waals surface area (Å²) in [6.45, 7) is 5.61. The number of rotatable bonds is 5. The fraction of sp³-hybridized carbons (Fsp3) is 0.708. The molecule has 6 heteroatoms. The van der Waals surface area contributed by atoms with Crippen molar-refractivity contribution in [2.75, 3.05) is 20.1 Å². The van der Waals surface area contributed by atoms with Gasteiger partial charge in [0.15, 0.2) is 0 Å². The average molecular weight is 416 g/mol. The highest BCUT2D eigenvalue weighted by molar-refractivity contribution is 5.76. The smallest absolute Gasteiger partial charge is 0.311 e. The summed E-state index contributed by atoms with van der Waals surface area (Å²) in [5.74, 6) is 0.484. The molecule has 0 bridgehead atoms. The van der Waals surface area contributed by atoms with Crippen LogP contribution in [-0.4, -0.2) is 59.0 Å². The molecular weight excluding hydrogens is 382 g/mol. The molecule has 2 heterocycles. The predicted molar refractivity (Wildman–Crippen MR) is 111 cm³/mol. The molecule has 0 amide bonds. The molecule has 2 aliphatic carbocycles. The van der Waals surface area contributed by atoms with Crippen molar-refractivity contribution in [2.24, 2.45) is 23.2 Å². The Kier molecular flexibility index (Phi) is 4.69. The molecule has 1 aromatic carbocycles. The number of carbonyl (C=O) groups is 1. The molecule has 0 radical (unpaired) electrons. The van der Waals surface area contributed by atoms with Crippen LogP contribution in [0.25, 0.3) is 0 Å². The SMILES string of the molecule is C[C@H]1CCC[C@]2(C)C[C@H]3OC(=O)[C@@H](CN(C)C[C@H](O)c4ccc(O)cc4)[C@H]3[C@@H]3O[C@@]132. The highest BCUT2D eigenvalue weighted by Crippen LogP contribution is 2.70. The van der Waals surface area contributed by atoms with Crippen LogP contribution < -0.4 is 0 Å².